The first-order chi connectivity index (χ1) is 16.1. The normalized spacial score (nSPS) is 20.3. The van der Waals surface area contributed by atoms with Crippen molar-refractivity contribution in [1.29, 1.82) is 0 Å². The highest BCUT2D eigenvalue weighted by molar-refractivity contribution is 7.88. The van der Waals surface area contributed by atoms with Crippen LogP contribution < -0.4 is 10.0 Å². The second kappa shape index (κ2) is 11.6. The van der Waals surface area contributed by atoms with Crippen LogP contribution in [0, 0.1) is 11.8 Å². The average molecular weight is 487 g/mol. The number of rotatable bonds is 12. The van der Waals surface area contributed by atoms with E-state index in [4.69, 9.17) is 4.74 Å². The van der Waals surface area contributed by atoms with Crippen molar-refractivity contribution in [2.24, 2.45) is 11.8 Å². The summed E-state index contributed by atoms with van der Waals surface area (Å²) < 4.78 is 33.8. The molecule has 1 saturated heterocycles. The van der Waals surface area contributed by atoms with Gasteiger partial charge in [-0.25, -0.2) is 13.1 Å². The van der Waals surface area contributed by atoms with Gasteiger partial charge in [-0.1, -0.05) is 43.0 Å². The lowest BCUT2D eigenvalue weighted by Crippen LogP contribution is -2.41. The van der Waals surface area contributed by atoms with Gasteiger partial charge in [0.05, 0.1) is 18.1 Å². The molecule has 1 aromatic carbocycles. The van der Waals surface area contributed by atoms with Crippen molar-refractivity contribution in [3.05, 3.63) is 71.5 Å². The van der Waals surface area contributed by atoms with Crippen molar-refractivity contribution >= 4 is 21.8 Å². The van der Waals surface area contributed by atoms with E-state index in [-0.39, 0.29) is 23.5 Å². The van der Waals surface area contributed by atoms with Crippen LogP contribution in [0.3, 0.4) is 0 Å². The van der Waals surface area contributed by atoms with Crippen molar-refractivity contribution in [1.82, 2.24) is 10.0 Å². The van der Waals surface area contributed by atoms with Crippen molar-refractivity contribution in [2.75, 3.05) is 6.61 Å². The number of carbonyl (C=O) groups is 2. The molecule has 1 aliphatic carbocycles. The minimum absolute atomic E-state index is 0.175. The SMILES string of the molecule is C=C(/C=C\C=C(/C)OCC1CC1)[C@@H](C)NS(=O)(=O)Cc1cccc(CC2CCC(=O)NC2=O)c1. The molecule has 8 heteroatoms. The van der Waals surface area contributed by atoms with Gasteiger partial charge >= 0.3 is 0 Å². The van der Waals surface area contributed by atoms with Gasteiger partial charge in [-0.3, -0.25) is 14.9 Å². The lowest BCUT2D eigenvalue weighted by molar-refractivity contribution is -0.136. The van der Waals surface area contributed by atoms with Gasteiger partial charge in [-0.15, -0.1) is 0 Å². The molecule has 2 aliphatic rings. The third kappa shape index (κ3) is 8.57. The Morgan fingerprint density at radius 2 is 2.00 bits per heavy atom. The molecule has 0 radical (unpaired) electrons. The summed E-state index contributed by atoms with van der Waals surface area (Å²) in [6.07, 6.45) is 9.21. The average Bonchev–Trinajstić information content (AvgIpc) is 3.58. The second-order valence-corrected chi connectivity index (χ2v) is 11.0. The number of nitrogens with one attached hydrogen (secondary N) is 2. The molecule has 34 heavy (non-hydrogen) atoms. The Morgan fingerprint density at radius 3 is 2.71 bits per heavy atom. The molecular weight excluding hydrogens is 452 g/mol. The van der Waals surface area contributed by atoms with E-state index < -0.39 is 16.1 Å². The zero-order valence-corrected chi connectivity index (χ0v) is 20.7. The van der Waals surface area contributed by atoms with Crippen LogP contribution in [-0.2, 0) is 36.5 Å². The number of amides is 2. The van der Waals surface area contributed by atoms with E-state index in [0.29, 0.717) is 36.3 Å². The van der Waals surface area contributed by atoms with Crippen LogP contribution in [0.15, 0.2) is 60.4 Å². The molecule has 1 aromatic rings. The maximum atomic E-state index is 12.7. The van der Waals surface area contributed by atoms with E-state index >= 15 is 0 Å². The van der Waals surface area contributed by atoms with E-state index in [1.54, 1.807) is 31.2 Å². The first-order valence-electron chi connectivity index (χ1n) is 11.7. The van der Waals surface area contributed by atoms with Gasteiger partial charge < -0.3 is 4.74 Å². The van der Waals surface area contributed by atoms with Crippen LogP contribution in [0.2, 0.25) is 0 Å². The molecule has 184 valence electrons. The lowest BCUT2D eigenvalue weighted by atomic mass is 9.91. The number of piperidine rings is 1. The summed E-state index contributed by atoms with van der Waals surface area (Å²) in [5, 5.41) is 2.36. The number of ether oxygens (including phenoxy) is 1. The standard InChI is InChI=1S/C26H34N2O5S/c1-18(6-4-7-19(2)33-16-21-10-11-21)20(3)28-34(31,32)17-23-9-5-8-22(14-23)15-24-12-13-25(29)27-26(24)30/h4-9,14,20-21,24,28H,1,10-13,15-17H2,2-3H3,(H,27,29,30)/b6-4-,19-7+/t20-,24?/m1/s1. The molecule has 2 atom stereocenters. The van der Waals surface area contributed by atoms with Gasteiger partial charge in [0.15, 0.2) is 0 Å². The Bertz CT molecular complexity index is 1090. The fraction of sp³-hybridized carbons (Fsp3) is 0.462. The number of imide groups is 1. The third-order valence-electron chi connectivity index (χ3n) is 5.98. The molecule has 0 aromatic heterocycles. The van der Waals surface area contributed by atoms with Crippen molar-refractivity contribution in [2.45, 2.75) is 57.7 Å². The maximum absolute atomic E-state index is 12.7. The predicted molar refractivity (Wildman–Crippen MR) is 132 cm³/mol. The number of hydrogen-bond donors (Lipinski definition) is 2. The monoisotopic (exact) mass is 486 g/mol. The molecule has 1 heterocycles. The number of sulfonamides is 1. The fourth-order valence-corrected chi connectivity index (χ4v) is 5.10. The van der Waals surface area contributed by atoms with Gasteiger partial charge in [-0.2, -0.15) is 0 Å². The first-order valence-corrected chi connectivity index (χ1v) is 13.3. The molecule has 0 bridgehead atoms. The number of allylic oxidation sites excluding steroid dienone is 3. The summed E-state index contributed by atoms with van der Waals surface area (Å²) in [5.74, 6) is 0.540. The quantitative estimate of drug-likeness (QED) is 0.267. The van der Waals surface area contributed by atoms with Gasteiger partial charge in [0.25, 0.3) is 0 Å². The van der Waals surface area contributed by atoms with Gasteiger partial charge in [0.1, 0.15) is 0 Å². The topological polar surface area (TPSA) is 102 Å². The van der Waals surface area contributed by atoms with Crippen molar-refractivity contribution < 1.29 is 22.7 Å². The van der Waals surface area contributed by atoms with Crippen LogP contribution in [0.25, 0.3) is 0 Å². The van der Waals surface area contributed by atoms with Gasteiger partial charge in [-0.05, 0) is 68.2 Å². The highest BCUT2D eigenvalue weighted by Gasteiger charge is 2.26. The number of hydrogen-bond acceptors (Lipinski definition) is 5. The molecule has 1 saturated carbocycles. The summed E-state index contributed by atoms with van der Waals surface area (Å²) in [6, 6.07) is 6.75. The van der Waals surface area contributed by atoms with Crippen LogP contribution in [0.1, 0.15) is 50.7 Å². The Kier molecular flexibility index (Phi) is 8.85. The summed E-state index contributed by atoms with van der Waals surface area (Å²) >= 11 is 0. The molecule has 2 fully saturated rings. The summed E-state index contributed by atoms with van der Waals surface area (Å²) in [4.78, 5) is 23.4. The lowest BCUT2D eigenvalue weighted by Gasteiger charge is -2.21. The van der Waals surface area contributed by atoms with Crippen molar-refractivity contribution in [3.8, 4) is 0 Å². The van der Waals surface area contributed by atoms with Crippen LogP contribution in [-0.4, -0.2) is 32.9 Å². The van der Waals surface area contributed by atoms with Crippen LogP contribution in [0.5, 0.6) is 0 Å². The third-order valence-corrected chi connectivity index (χ3v) is 7.41. The largest absolute Gasteiger partial charge is 0.498 e. The van der Waals surface area contributed by atoms with E-state index in [2.05, 4.69) is 16.6 Å². The van der Waals surface area contributed by atoms with E-state index in [1.165, 1.54) is 12.8 Å². The summed E-state index contributed by atoms with van der Waals surface area (Å²) in [6.45, 7) is 8.38. The smallest absolute Gasteiger partial charge is 0.230 e. The Hall–Kier alpha value is -2.71. The fourth-order valence-electron chi connectivity index (χ4n) is 3.70. The van der Waals surface area contributed by atoms with E-state index in [0.717, 1.165) is 17.9 Å². The van der Waals surface area contributed by atoms with Crippen molar-refractivity contribution in [3.63, 3.8) is 0 Å². The number of benzene rings is 1. The molecule has 3 rings (SSSR count). The highest BCUT2D eigenvalue weighted by atomic mass is 32.2. The zero-order valence-electron chi connectivity index (χ0n) is 19.9. The summed E-state index contributed by atoms with van der Waals surface area (Å²) in [5.41, 5.74) is 2.15. The first kappa shape index (κ1) is 25.9. The maximum Gasteiger partial charge on any atom is 0.230 e. The molecule has 7 nitrogen and oxygen atoms in total. The molecular formula is C26H34N2O5S. The number of carbonyl (C=O) groups excluding carboxylic acids is 2. The van der Waals surface area contributed by atoms with E-state index in [1.807, 2.05) is 25.1 Å². The predicted octanol–water partition coefficient (Wildman–Crippen LogP) is 3.53. The van der Waals surface area contributed by atoms with Crippen LogP contribution >= 0.6 is 0 Å². The van der Waals surface area contributed by atoms with Crippen LogP contribution in [0.4, 0.5) is 0 Å². The molecule has 1 aliphatic heterocycles. The van der Waals surface area contributed by atoms with E-state index in [9.17, 15) is 18.0 Å². The Morgan fingerprint density at radius 1 is 1.26 bits per heavy atom. The zero-order chi connectivity index (χ0) is 24.7. The minimum atomic E-state index is -3.61. The van der Waals surface area contributed by atoms with Gasteiger partial charge in [0, 0.05) is 18.4 Å². The Balaban J connectivity index is 1.51. The Labute approximate surface area is 202 Å². The summed E-state index contributed by atoms with van der Waals surface area (Å²) in [7, 11) is -3.61. The van der Waals surface area contributed by atoms with Gasteiger partial charge in [0.2, 0.25) is 21.8 Å². The molecule has 2 N–H and O–H groups in total. The minimum Gasteiger partial charge on any atom is -0.498 e. The highest BCUT2D eigenvalue weighted by Crippen LogP contribution is 2.29. The molecule has 0 spiro atoms. The molecule has 2 amide bonds. The second-order valence-electron chi connectivity index (χ2n) is 9.24. The molecule has 1 unspecified atom stereocenters.